The Morgan fingerprint density at radius 3 is 2.79 bits per heavy atom. The summed E-state index contributed by atoms with van der Waals surface area (Å²) >= 11 is 0. The van der Waals surface area contributed by atoms with Crippen LogP contribution in [0.25, 0.3) is 10.8 Å². The monoisotopic (exact) mass is 393 g/mol. The Kier molecular flexibility index (Phi) is 5.49. The highest BCUT2D eigenvalue weighted by Crippen LogP contribution is 2.27. The molecule has 0 radical (unpaired) electrons. The minimum Gasteiger partial charge on any atom is -0.391 e. The molecule has 0 aromatic carbocycles. The van der Waals surface area contributed by atoms with Crippen molar-refractivity contribution >= 4 is 28.2 Å². The van der Waals surface area contributed by atoms with Crippen LogP contribution in [0.15, 0.2) is 41.5 Å². The second kappa shape index (κ2) is 8.21. The Morgan fingerprint density at radius 2 is 2.03 bits per heavy atom. The lowest BCUT2D eigenvalue weighted by atomic mass is 9.92. The van der Waals surface area contributed by atoms with Crippen molar-refractivity contribution in [3.63, 3.8) is 0 Å². The number of hydrogen-bond donors (Lipinski definition) is 3. The number of rotatable bonds is 5. The molecule has 3 heterocycles. The third kappa shape index (κ3) is 4.10. The Bertz CT molecular complexity index is 1080. The summed E-state index contributed by atoms with van der Waals surface area (Å²) in [5, 5.41) is 18.4. The van der Waals surface area contributed by atoms with Crippen molar-refractivity contribution in [3.05, 3.63) is 52.6 Å². The summed E-state index contributed by atoms with van der Waals surface area (Å²) in [6.07, 6.45) is 6.81. The van der Waals surface area contributed by atoms with Crippen LogP contribution in [0.2, 0.25) is 0 Å². The summed E-state index contributed by atoms with van der Waals surface area (Å²) in [4.78, 5) is 22.0. The molecule has 0 unspecified atom stereocenters. The number of fused-ring (bicyclic) bond motifs is 1. The smallest absolute Gasteiger partial charge is 0.262 e. The Morgan fingerprint density at radius 1 is 1.21 bits per heavy atom. The van der Waals surface area contributed by atoms with E-state index in [0.29, 0.717) is 29.4 Å². The average Bonchev–Trinajstić information content (AvgIpc) is 2.70. The van der Waals surface area contributed by atoms with Crippen molar-refractivity contribution in [1.29, 1.82) is 0 Å². The van der Waals surface area contributed by atoms with Gasteiger partial charge in [-0.3, -0.25) is 4.79 Å². The largest absolute Gasteiger partial charge is 0.391 e. The van der Waals surface area contributed by atoms with E-state index in [-0.39, 0.29) is 11.6 Å². The van der Waals surface area contributed by atoms with Gasteiger partial charge in [-0.05, 0) is 61.9 Å². The van der Waals surface area contributed by atoms with Gasteiger partial charge < -0.3 is 20.3 Å². The predicted molar refractivity (Wildman–Crippen MR) is 116 cm³/mol. The van der Waals surface area contributed by atoms with Gasteiger partial charge in [-0.15, -0.1) is 0 Å². The number of hydrogen-bond acceptors (Lipinski definition) is 6. The first-order valence-electron chi connectivity index (χ1n) is 10.2. The van der Waals surface area contributed by atoms with Gasteiger partial charge in [0.2, 0.25) is 0 Å². The van der Waals surface area contributed by atoms with Crippen LogP contribution < -0.4 is 16.2 Å². The molecule has 1 saturated carbocycles. The molecule has 1 aliphatic carbocycles. The van der Waals surface area contributed by atoms with E-state index >= 15 is 0 Å². The molecule has 0 aliphatic heterocycles. The topological polar surface area (TPSA) is 92.1 Å². The Labute approximate surface area is 169 Å². The van der Waals surface area contributed by atoms with Gasteiger partial charge in [0.05, 0.1) is 17.5 Å². The quantitative estimate of drug-likeness (QED) is 0.614. The SMILES string of the molecule is CCn1ccc2cc(Nc3cc(C)ccn3)nc(N[C@H]3CCCC[C@H]3O)c2c1=O. The lowest BCUT2D eigenvalue weighted by Gasteiger charge is -2.29. The second-order valence-corrected chi connectivity index (χ2v) is 7.67. The highest BCUT2D eigenvalue weighted by atomic mass is 16.3. The van der Waals surface area contributed by atoms with Crippen LogP contribution in [0.1, 0.15) is 38.2 Å². The number of aryl methyl sites for hydroxylation is 2. The molecule has 0 saturated heterocycles. The van der Waals surface area contributed by atoms with E-state index < -0.39 is 6.10 Å². The number of pyridine rings is 3. The van der Waals surface area contributed by atoms with E-state index in [2.05, 4.69) is 15.6 Å². The number of aliphatic hydroxyl groups is 1. The van der Waals surface area contributed by atoms with Crippen LogP contribution in [0.4, 0.5) is 17.5 Å². The van der Waals surface area contributed by atoms with Gasteiger partial charge in [-0.1, -0.05) is 12.8 Å². The molecule has 152 valence electrons. The molecule has 1 fully saturated rings. The summed E-state index contributed by atoms with van der Waals surface area (Å²) in [6, 6.07) is 7.56. The van der Waals surface area contributed by atoms with Crippen LogP contribution in [0.5, 0.6) is 0 Å². The molecule has 4 rings (SSSR count). The fourth-order valence-corrected chi connectivity index (χ4v) is 3.91. The maximum atomic E-state index is 13.0. The van der Waals surface area contributed by atoms with E-state index in [1.807, 2.05) is 38.1 Å². The van der Waals surface area contributed by atoms with Crippen LogP contribution >= 0.6 is 0 Å². The Hall–Kier alpha value is -2.93. The molecule has 29 heavy (non-hydrogen) atoms. The molecule has 7 heteroatoms. The molecular weight excluding hydrogens is 366 g/mol. The predicted octanol–water partition coefficient (Wildman–Crippen LogP) is 3.58. The van der Waals surface area contributed by atoms with Crippen molar-refractivity contribution < 1.29 is 5.11 Å². The highest BCUT2D eigenvalue weighted by molar-refractivity contribution is 5.93. The maximum absolute atomic E-state index is 13.0. The third-order valence-corrected chi connectivity index (χ3v) is 5.52. The van der Waals surface area contributed by atoms with Gasteiger partial charge in [-0.2, -0.15) is 0 Å². The molecule has 0 spiro atoms. The van der Waals surface area contributed by atoms with Gasteiger partial charge in [0, 0.05) is 18.9 Å². The number of nitrogens with zero attached hydrogens (tertiary/aromatic N) is 3. The molecule has 7 nitrogen and oxygen atoms in total. The lowest BCUT2D eigenvalue weighted by Crippen LogP contribution is -2.37. The zero-order valence-electron chi connectivity index (χ0n) is 16.9. The molecule has 3 aromatic rings. The first kappa shape index (κ1) is 19.4. The summed E-state index contributed by atoms with van der Waals surface area (Å²) in [5.41, 5.74) is 1.02. The normalized spacial score (nSPS) is 19.3. The molecular formula is C22H27N5O2. The molecule has 0 amide bonds. The summed E-state index contributed by atoms with van der Waals surface area (Å²) in [6.45, 7) is 4.54. The minimum atomic E-state index is -0.437. The summed E-state index contributed by atoms with van der Waals surface area (Å²) < 4.78 is 1.67. The van der Waals surface area contributed by atoms with Crippen molar-refractivity contribution in [2.24, 2.45) is 0 Å². The molecule has 1 aliphatic rings. The van der Waals surface area contributed by atoms with Gasteiger partial charge in [0.1, 0.15) is 17.5 Å². The van der Waals surface area contributed by atoms with E-state index in [0.717, 1.165) is 36.6 Å². The minimum absolute atomic E-state index is 0.0782. The van der Waals surface area contributed by atoms with Gasteiger partial charge >= 0.3 is 0 Å². The molecule has 3 aromatic heterocycles. The fourth-order valence-electron chi connectivity index (χ4n) is 3.91. The number of aromatic nitrogens is 3. The van der Waals surface area contributed by atoms with Crippen LogP contribution in [-0.4, -0.2) is 31.8 Å². The summed E-state index contributed by atoms with van der Waals surface area (Å²) in [7, 11) is 0. The van der Waals surface area contributed by atoms with Crippen LogP contribution in [0, 0.1) is 6.92 Å². The first-order valence-corrected chi connectivity index (χ1v) is 10.2. The van der Waals surface area contributed by atoms with Gasteiger partial charge in [0.25, 0.3) is 5.56 Å². The van der Waals surface area contributed by atoms with E-state index in [4.69, 9.17) is 4.98 Å². The van der Waals surface area contributed by atoms with Gasteiger partial charge in [-0.25, -0.2) is 9.97 Å². The highest BCUT2D eigenvalue weighted by Gasteiger charge is 2.24. The van der Waals surface area contributed by atoms with E-state index in [1.54, 1.807) is 17.0 Å². The third-order valence-electron chi connectivity index (χ3n) is 5.52. The number of aliphatic hydroxyl groups excluding tert-OH is 1. The first-order chi connectivity index (χ1) is 14.0. The Balaban J connectivity index is 1.79. The fraction of sp³-hybridized carbons (Fsp3) is 0.409. The zero-order chi connectivity index (χ0) is 20.4. The van der Waals surface area contributed by atoms with Crippen LogP contribution in [0.3, 0.4) is 0 Å². The second-order valence-electron chi connectivity index (χ2n) is 7.67. The van der Waals surface area contributed by atoms with E-state index in [1.165, 1.54) is 0 Å². The number of anilines is 3. The zero-order valence-corrected chi connectivity index (χ0v) is 16.9. The van der Waals surface area contributed by atoms with Crippen molar-refractivity contribution in [2.45, 2.75) is 58.2 Å². The standard InChI is InChI=1S/C22H27N5O2/c1-3-27-11-9-15-13-19(25-18-12-14(2)8-10-23-18)26-21(20(15)22(27)29)24-16-6-4-5-7-17(16)28/h8-13,16-17,28H,3-7H2,1-2H3,(H2,23,24,25,26)/t16-,17+/m0/s1. The van der Waals surface area contributed by atoms with Crippen molar-refractivity contribution in [2.75, 3.05) is 10.6 Å². The molecule has 2 atom stereocenters. The summed E-state index contributed by atoms with van der Waals surface area (Å²) in [5.74, 6) is 1.82. The number of nitrogens with one attached hydrogen (secondary N) is 2. The lowest BCUT2D eigenvalue weighted by molar-refractivity contribution is 0.116. The van der Waals surface area contributed by atoms with Crippen molar-refractivity contribution in [3.8, 4) is 0 Å². The average molecular weight is 393 g/mol. The maximum Gasteiger partial charge on any atom is 0.262 e. The molecule has 3 N–H and O–H groups in total. The van der Waals surface area contributed by atoms with E-state index in [9.17, 15) is 9.90 Å². The van der Waals surface area contributed by atoms with Crippen LogP contribution in [-0.2, 0) is 6.54 Å². The van der Waals surface area contributed by atoms with Crippen molar-refractivity contribution in [1.82, 2.24) is 14.5 Å². The molecule has 0 bridgehead atoms. The van der Waals surface area contributed by atoms with Gasteiger partial charge in [0.15, 0.2) is 0 Å².